The number of hydrogen-bond acceptors (Lipinski definition) is 2. The molecule has 0 aliphatic carbocycles. The van der Waals surface area contributed by atoms with E-state index in [0.717, 1.165) is 0 Å². The van der Waals surface area contributed by atoms with Crippen LogP contribution in [0.2, 0.25) is 0 Å². The lowest BCUT2D eigenvalue weighted by atomic mass is 10.2. The number of nitrogens with one attached hydrogen (secondary N) is 1. The summed E-state index contributed by atoms with van der Waals surface area (Å²) in [6.45, 7) is -0.427. The van der Waals surface area contributed by atoms with Gasteiger partial charge in [-0.2, -0.15) is 13.2 Å². The molecule has 0 aliphatic rings. The molecule has 1 aromatic rings. The van der Waals surface area contributed by atoms with Crippen molar-refractivity contribution in [2.75, 3.05) is 12.3 Å². The number of halogens is 3. The minimum atomic E-state index is -4.26. The van der Waals surface area contributed by atoms with Crippen LogP contribution in [0.1, 0.15) is 12.0 Å². The van der Waals surface area contributed by atoms with Crippen LogP contribution < -0.4 is 11.1 Å². The summed E-state index contributed by atoms with van der Waals surface area (Å²) in [6.07, 6.45) is -2.64. The van der Waals surface area contributed by atoms with Crippen molar-refractivity contribution < 1.29 is 18.0 Å². The normalized spacial score (nSPS) is 11.7. The fourth-order valence-electron chi connectivity index (χ4n) is 1.22. The largest absolute Gasteiger partial charge is 0.399 e. The van der Waals surface area contributed by atoms with Gasteiger partial charge in [-0.1, -0.05) is 12.1 Å². The maximum absolute atomic E-state index is 11.8. The number of hydrogen-bond donors (Lipinski definition) is 2. The third-order valence-corrected chi connectivity index (χ3v) is 2.05. The summed E-state index contributed by atoms with van der Waals surface area (Å²) < 4.78 is 35.5. The van der Waals surface area contributed by atoms with E-state index in [-0.39, 0.29) is 0 Å². The van der Waals surface area contributed by atoms with E-state index in [0.29, 0.717) is 11.3 Å². The van der Waals surface area contributed by atoms with Crippen molar-refractivity contribution in [2.24, 2.45) is 0 Å². The first kappa shape index (κ1) is 14.1. The maximum Gasteiger partial charge on any atom is 0.390 e. The van der Waals surface area contributed by atoms with Crippen molar-refractivity contribution >= 4 is 17.7 Å². The highest BCUT2D eigenvalue weighted by molar-refractivity contribution is 5.91. The van der Waals surface area contributed by atoms with Gasteiger partial charge in [0.1, 0.15) is 0 Å². The number of rotatable bonds is 4. The standard InChI is InChI=1S/C12H13F3N2O/c13-12(14,15)6-7-17-11(18)5-4-9-2-1-3-10(16)8-9/h1-5,8H,6-7,16H2,(H,17,18)/b5-4+. The number of anilines is 1. The average Bonchev–Trinajstić information content (AvgIpc) is 2.25. The molecule has 1 aromatic carbocycles. The van der Waals surface area contributed by atoms with Crippen molar-refractivity contribution in [3.05, 3.63) is 35.9 Å². The Morgan fingerprint density at radius 3 is 2.72 bits per heavy atom. The maximum atomic E-state index is 11.8. The number of alkyl halides is 3. The van der Waals surface area contributed by atoms with Gasteiger partial charge in [-0.15, -0.1) is 0 Å². The Hall–Kier alpha value is -1.98. The fourth-order valence-corrected chi connectivity index (χ4v) is 1.22. The van der Waals surface area contributed by atoms with Crippen LogP contribution in [-0.2, 0) is 4.79 Å². The molecular weight excluding hydrogens is 245 g/mol. The summed E-state index contributed by atoms with van der Waals surface area (Å²) in [7, 11) is 0. The molecule has 0 spiro atoms. The third kappa shape index (κ3) is 5.93. The Labute approximate surface area is 102 Å². The monoisotopic (exact) mass is 258 g/mol. The van der Waals surface area contributed by atoms with E-state index in [1.165, 1.54) is 12.2 Å². The van der Waals surface area contributed by atoms with E-state index in [2.05, 4.69) is 5.32 Å². The molecular formula is C12H13F3N2O. The lowest BCUT2D eigenvalue weighted by Gasteiger charge is -2.05. The van der Waals surface area contributed by atoms with E-state index < -0.39 is 25.0 Å². The molecule has 0 aliphatic heterocycles. The molecule has 1 rings (SSSR count). The van der Waals surface area contributed by atoms with E-state index in [1.54, 1.807) is 24.3 Å². The summed E-state index contributed by atoms with van der Waals surface area (Å²) in [4.78, 5) is 11.2. The number of carbonyl (C=O) groups is 1. The highest BCUT2D eigenvalue weighted by atomic mass is 19.4. The third-order valence-electron chi connectivity index (χ3n) is 2.05. The average molecular weight is 258 g/mol. The van der Waals surface area contributed by atoms with Gasteiger partial charge < -0.3 is 11.1 Å². The highest BCUT2D eigenvalue weighted by Crippen LogP contribution is 2.18. The molecule has 0 saturated carbocycles. The molecule has 98 valence electrons. The molecule has 0 unspecified atom stereocenters. The molecule has 18 heavy (non-hydrogen) atoms. The number of nitrogens with two attached hydrogens (primary N) is 1. The number of amides is 1. The van der Waals surface area contributed by atoms with Crippen molar-refractivity contribution in [1.29, 1.82) is 0 Å². The van der Waals surface area contributed by atoms with Gasteiger partial charge in [0.2, 0.25) is 5.91 Å². The van der Waals surface area contributed by atoms with Crippen molar-refractivity contribution in [1.82, 2.24) is 5.32 Å². The zero-order valence-electron chi connectivity index (χ0n) is 9.50. The van der Waals surface area contributed by atoms with E-state index in [1.807, 2.05) is 0 Å². The second kappa shape index (κ2) is 6.09. The van der Waals surface area contributed by atoms with Crippen LogP contribution in [0.4, 0.5) is 18.9 Å². The van der Waals surface area contributed by atoms with Crippen LogP contribution in [0.3, 0.4) is 0 Å². The quantitative estimate of drug-likeness (QED) is 0.643. The Kier molecular flexibility index (Phi) is 4.76. The summed E-state index contributed by atoms with van der Waals surface area (Å²) >= 11 is 0. The predicted octanol–water partition coefficient (Wildman–Crippen LogP) is 2.35. The Morgan fingerprint density at radius 2 is 2.11 bits per heavy atom. The second-order valence-electron chi connectivity index (χ2n) is 3.66. The van der Waals surface area contributed by atoms with Crippen LogP contribution in [0.5, 0.6) is 0 Å². The van der Waals surface area contributed by atoms with E-state index in [4.69, 9.17) is 5.73 Å². The smallest absolute Gasteiger partial charge is 0.390 e. The lowest BCUT2D eigenvalue weighted by molar-refractivity contribution is -0.134. The van der Waals surface area contributed by atoms with Crippen LogP contribution in [0.25, 0.3) is 6.08 Å². The number of nitrogen functional groups attached to an aromatic ring is 1. The van der Waals surface area contributed by atoms with E-state index >= 15 is 0 Å². The predicted molar refractivity (Wildman–Crippen MR) is 63.6 cm³/mol. The Morgan fingerprint density at radius 1 is 1.39 bits per heavy atom. The van der Waals surface area contributed by atoms with Crippen molar-refractivity contribution in [2.45, 2.75) is 12.6 Å². The Bertz CT molecular complexity index is 441. The molecule has 0 aromatic heterocycles. The molecule has 3 N–H and O–H groups in total. The first-order valence-corrected chi connectivity index (χ1v) is 5.25. The fraction of sp³-hybridized carbons (Fsp3) is 0.250. The van der Waals surface area contributed by atoms with Gasteiger partial charge in [-0.05, 0) is 23.8 Å². The van der Waals surface area contributed by atoms with Gasteiger partial charge in [-0.25, -0.2) is 0 Å². The molecule has 1 amide bonds. The van der Waals surface area contributed by atoms with Gasteiger partial charge in [0.15, 0.2) is 0 Å². The van der Waals surface area contributed by atoms with Crippen molar-refractivity contribution in [3.63, 3.8) is 0 Å². The van der Waals surface area contributed by atoms with Crippen molar-refractivity contribution in [3.8, 4) is 0 Å². The van der Waals surface area contributed by atoms with Gasteiger partial charge in [0, 0.05) is 18.3 Å². The Balaban J connectivity index is 2.40. The van der Waals surface area contributed by atoms with Crippen LogP contribution >= 0.6 is 0 Å². The molecule has 0 bridgehead atoms. The highest BCUT2D eigenvalue weighted by Gasteiger charge is 2.26. The second-order valence-corrected chi connectivity index (χ2v) is 3.66. The molecule has 0 radical (unpaired) electrons. The van der Waals surface area contributed by atoms with Crippen LogP contribution in [-0.4, -0.2) is 18.6 Å². The molecule has 0 saturated heterocycles. The SMILES string of the molecule is Nc1cccc(/C=C/C(=O)NCCC(F)(F)F)c1. The molecule has 0 fully saturated rings. The van der Waals surface area contributed by atoms with Gasteiger partial charge >= 0.3 is 6.18 Å². The topological polar surface area (TPSA) is 55.1 Å². The minimum Gasteiger partial charge on any atom is -0.399 e. The summed E-state index contributed by atoms with van der Waals surface area (Å²) in [5, 5.41) is 2.15. The molecule has 3 nitrogen and oxygen atoms in total. The number of benzene rings is 1. The summed E-state index contributed by atoms with van der Waals surface area (Å²) in [5.74, 6) is -0.568. The lowest BCUT2D eigenvalue weighted by Crippen LogP contribution is -2.26. The summed E-state index contributed by atoms with van der Waals surface area (Å²) in [5.41, 5.74) is 6.79. The van der Waals surface area contributed by atoms with Gasteiger partial charge in [0.05, 0.1) is 6.42 Å². The van der Waals surface area contributed by atoms with Gasteiger partial charge in [-0.3, -0.25) is 4.79 Å². The number of carbonyl (C=O) groups excluding carboxylic acids is 1. The molecule has 6 heteroatoms. The molecule has 0 heterocycles. The minimum absolute atomic E-state index is 0.427. The molecule has 0 atom stereocenters. The zero-order valence-corrected chi connectivity index (χ0v) is 9.50. The van der Waals surface area contributed by atoms with Crippen LogP contribution in [0.15, 0.2) is 30.3 Å². The summed E-state index contributed by atoms with van der Waals surface area (Å²) in [6, 6.07) is 6.80. The first-order valence-electron chi connectivity index (χ1n) is 5.25. The van der Waals surface area contributed by atoms with Crippen LogP contribution in [0, 0.1) is 0 Å². The first-order chi connectivity index (χ1) is 8.37. The van der Waals surface area contributed by atoms with E-state index in [9.17, 15) is 18.0 Å². The zero-order chi connectivity index (χ0) is 13.6. The van der Waals surface area contributed by atoms with Gasteiger partial charge in [0.25, 0.3) is 0 Å².